The number of anilines is 1. The fourth-order valence-electron chi connectivity index (χ4n) is 2.74. The van der Waals surface area contributed by atoms with Gasteiger partial charge in [-0.25, -0.2) is 14.6 Å². The quantitative estimate of drug-likeness (QED) is 0.582. The van der Waals surface area contributed by atoms with Crippen LogP contribution in [0.4, 0.5) is 19.3 Å². The maximum atomic E-state index is 13.4. The molecule has 1 N–H and O–H groups in total. The fourth-order valence-corrected chi connectivity index (χ4v) is 2.74. The number of benzene rings is 2. The van der Waals surface area contributed by atoms with Crippen LogP contribution in [0.2, 0.25) is 0 Å². The first-order chi connectivity index (χ1) is 14.1. The molecular weight excluding hydrogens is 396 g/mol. The normalized spacial score (nSPS) is 11.5. The number of rotatable bonds is 5. The fraction of sp³-hybridized carbons (Fsp3) is 0.286. The van der Waals surface area contributed by atoms with E-state index in [1.54, 1.807) is 39.0 Å². The molecule has 30 heavy (non-hydrogen) atoms. The number of hydrogen-bond acceptors (Lipinski definition) is 5. The van der Waals surface area contributed by atoms with E-state index in [0.29, 0.717) is 11.2 Å². The van der Waals surface area contributed by atoms with Gasteiger partial charge in [0.05, 0.1) is 16.6 Å². The van der Waals surface area contributed by atoms with E-state index in [4.69, 9.17) is 9.47 Å². The molecule has 0 bridgehead atoms. The third kappa shape index (κ3) is 5.11. The maximum Gasteiger partial charge on any atom is 0.412 e. The zero-order valence-corrected chi connectivity index (χ0v) is 16.7. The number of carbonyl (C=O) groups is 2. The number of amides is 1. The Morgan fingerprint density at radius 2 is 1.77 bits per heavy atom. The molecule has 0 spiro atoms. The number of imidazole rings is 1. The molecule has 2 aromatic carbocycles. The molecule has 3 rings (SSSR count). The Balaban J connectivity index is 1.65. The summed E-state index contributed by atoms with van der Waals surface area (Å²) in [5.41, 5.74) is 0.644. The molecule has 158 valence electrons. The van der Waals surface area contributed by atoms with Crippen LogP contribution in [0.1, 0.15) is 43.5 Å². The Bertz CT molecular complexity index is 1060. The van der Waals surface area contributed by atoms with Gasteiger partial charge in [-0.2, -0.15) is 8.78 Å². The van der Waals surface area contributed by atoms with Crippen LogP contribution in [-0.4, -0.2) is 27.2 Å². The summed E-state index contributed by atoms with van der Waals surface area (Å²) in [6, 6.07) is 12.4. The second kappa shape index (κ2) is 8.48. The van der Waals surface area contributed by atoms with Crippen molar-refractivity contribution < 1.29 is 27.8 Å². The number of aromatic nitrogens is 2. The Kier molecular flexibility index (Phi) is 6.00. The zero-order valence-electron chi connectivity index (χ0n) is 16.7. The standard InChI is InChI=1S/C21H21F2N3O4/c1-21(2,3)30-20(28)24-14-10-8-13(9-11-14)18(27)29-12-17-25-15-6-4-5-7-16(15)26(17)19(22)23/h4-11,19H,12H2,1-3H3,(H,24,28). The second-order valence-electron chi connectivity index (χ2n) is 7.44. The highest BCUT2D eigenvalue weighted by atomic mass is 19.3. The SMILES string of the molecule is CC(C)(C)OC(=O)Nc1ccc(C(=O)OCc2nc3ccccc3n2C(F)F)cc1. The number of para-hydroxylation sites is 2. The highest BCUT2D eigenvalue weighted by molar-refractivity contribution is 5.91. The van der Waals surface area contributed by atoms with E-state index in [0.717, 1.165) is 4.57 Å². The summed E-state index contributed by atoms with van der Waals surface area (Å²) in [5, 5.41) is 2.55. The molecule has 1 amide bonds. The van der Waals surface area contributed by atoms with Crippen molar-refractivity contribution in [1.29, 1.82) is 0 Å². The van der Waals surface area contributed by atoms with Crippen molar-refractivity contribution in [3.05, 3.63) is 59.9 Å². The van der Waals surface area contributed by atoms with E-state index in [-0.39, 0.29) is 16.9 Å². The van der Waals surface area contributed by atoms with Gasteiger partial charge in [0, 0.05) is 5.69 Å². The van der Waals surface area contributed by atoms with Crippen LogP contribution in [0.15, 0.2) is 48.5 Å². The van der Waals surface area contributed by atoms with Gasteiger partial charge in [-0.05, 0) is 57.2 Å². The zero-order chi connectivity index (χ0) is 21.9. The molecule has 0 aliphatic carbocycles. The van der Waals surface area contributed by atoms with Crippen molar-refractivity contribution >= 4 is 28.8 Å². The second-order valence-corrected chi connectivity index (χ2v) is 7.44. The lowest BCUT2D eigenvalue weighted by Crippen LogP contribution is -2.27. The van der Waals surface area contributed by atoms with Crippen LogP contribution in [-0.2, 0) is 16.1 Å². The average molecular weight is 417 g/mol. The molecule has 0 aliphatic heterocycles. The Labute approximate surface area is 171 Å². The van der Waals surface area contributed by atoms with Gasteiger partial charge in [-0.1, -0.05) is 12.1 Å². The first kappa shape index (κ1) is 21.2. The Morgan fingerprint density at radius 1 is 1.10 bits per heavy atom. The first-order valence-electron chi connectivity index (χ1n) is 9.15. The monoisotopic (exact) mass is 417 g/mol. The van der Waals surface area contributed by atoms with Gasteiger partial charge in [-0.3, -0.25) is 9.88 Å². The van der Waals surface area contributed by atoms with Gasteiger partial charge in [0.25, 0.3) is 0 Å². The van der Waals surface area contributed by atoms with Crippen molar-refractivity contribution in [3.8, 4) is 0 Å². The van der Waals surface area contributed by atoms with Gasteiger partial charge in [0.1, 0.15) is 12.2 Å². The molecule has 0 radical (unpaired) electrons. The molecule has 0 fully saturated rings. The summed E-state index contributed by atoms with van der Waals surface area (Å²) >= 11 is 0. The van der Waals surface area contributed by atoms with E-state index in [9.17, 15) is 18.4 Å². The first-order valence-corrected chi connectivity index (χ1v) is 9.15. The van der Waals surface area contributed by atoms with Crippen LogP contribution < -0.4 is 5.32 Å². The maximum absolute atomic E-state index is 13.4. The predicted molar refractivity (Wildman–Crippen MR) is 106 cm³/mol. The third-order valence-corrected chi connectivity index (χ3v) is 3.96. The number of ether oxygens (including phenoxy) is 2. The number of hydrogen-bond donors (Lipinski definition) is 1. The number of fused-ring (bicyclic) bond motifs is 1. The molecule has 3 aromatic rings. The van der Waals surface area contributed by atoms with Crippen molar-refractivity contribution in [2.24, 2.45) is 0 Å². The van der Waals surface area contributed by atoms with Crippen LogP contribution >= 0.6 is 0 Å². The highest BCUT2D eigenvalue weighted by Gasteiger charge is 2.19. The Morgan fingerprint density at radius 3 is 2.40 bits per heavy atom. The molecule has 0 atom stereocenters. The number of esters is 1. The minimum absolute atomic E-state index is 0.0530. The number of nitrogens with zero attached hydrogens (tertiary/aromatic N) is 2. The lowest BCUT2D eigenvalue weighted by atomic mass is 10.2. The summed E-state index contributed by atoms with van der Waals surface area (Å²) in [6.07, 6.45) is -0.622. The predicted octanol–water partition coefficient (Wildman–Crippen LogP) is 5.14. The summed E-state index contributed by atoms with van der Waals surface area (Å²) in [4.78, 5) is 28.2. The third-order valence-electron chi connectivity index (χ3n) is 3.96. The summed E-state index contributed by atoms with van der Waals surface area (Å²) in [5.74, 6) is -0.755. The smallest absolute Gasteiger partial charge is 0.412 e. The largest absolute Gasteiger partial charge is 0.454 e. The summed E-state index contributed by atoms with van der Waals surface area (Å²) in [6.45, 7) is 2.01. The number of nitrogens with one attached hydrogen (secondary N) is 1. The van der Waals surface area contributed by atoms with Gasteiger partial charge >= 0.3 is 18.6 Å². The van der Waals surface area contributed by atoms with Crippen LogP contribution in [0.5, 0.6) is 0 Å². The van der Waals surface area contributed by atoms with Gasteiger partial charge in [-0.15, -0.1) is 0 Å². The highest BCUT2D eigenvalue weighted by Crippen LogP contribution is 2.23. The van der Waals surface area contributed by atoms with E-state index in [2.05, 4.69) is 10.3 Å². The molecule has 0 saturated carbocycles. The van der Waals surface area contributed by atoms with Gasteiger partial charge < -0.3 is 9.47 Å². The van der Waals surface area contributed by atoms with Crippen molar-refractivity contribution in [3.63, 3.8) is 0 Å². The van der Waals surface area contributed by atoms with Crippen molar-refractivity contribution in [1.82, 2.24) is 9.55 Å². The summed E-state index contributed by atoms with van der Waals surface area (Å²) < 4.78 is 37.9. The molecular formula is C21H21F2N3O4. The van der Waals surface area contributed by atoms with Crippen molar-refractivity contribution in [2.75, 3.05) is 5.32 Å². The topological polar surface area (TPSA) is 82.4 Å². The number of carbonyl (C=O) groups excluding carboxylic acids is 2. The Hall–Kier alpha value is -3.49. The van der Waals surface area contributed by atoms with Crippen LogP contribution in [0.3, 0.4) is 0 Å². The molecule has 1 heterocycles. The van der Waals surface area contributed by atoms with Crippen molar-refractivity contribution in [2.45, 2.75) is 39.5 Å². The number of alkyl halides is 2. The molecule has 0 saturated heterocycles. The molecule has 0 unspecified atom stereocenters. The minimum atomic E-state index is -2.82. The molecule has 1 aromatic heterocycles. The summed E-state index contributed by atoms with van der Waals surface area (Å²) in [7, 11) is 0. The molecule has 0 aliphatic rings. The van der Waals surface area contributed by atoms with Crippen LogP contribution in [0.25, 0.3) is 11.0 Å². The van der Waals surface area contributed by atoms with E-state index in [1.165, 1.54) is 30.3 Å². The van der Waals surface area contributed by atoms with E-state index in [1.807, 2.05) is 0 Å². The van der Waals surface area contributed by atoms with Gasteiger partial charge in [0.2, 0.25) is 0 Å². The van der Waals surface area contributed by atoms with Crippen LogP contribution in [0, 0.1) is 0 Å². The lowest BCUT2D eigenvalue weighted by molar-refractivity contribution is 0.0387. The van der Waals surface area contributed by atoms with Gasteiger partial charge in [0.15, 0.2) is 5.82 Å². The molecule has 9 heteroatoms. The number of halogens is 2. The lowest BCUT2D eigenvalue weighted by Gasteiger charge is -2.19. The van der Waals surface area contributed by atoms with E-state index >= 15 is 0 Å². The van der Waals surface area contributed by atoms with E-state index < -0.39 is 30.8 Å². The molecule has 7 nitrogen and oxygen atoms in total. The minimum Gasteiger partial charge on any atom is -0.454 e. The average Bonchev–Trinajstić information content (AvgIpc) is 3.03.